The van der Waals surface area contributed by atoms with E-state index in [2.05, 4.69) is 9.88 Å². The van der Waals surface area contributed by atoms with E-state index in [4.69, 9.17) is 32.7 Å². The van der Waals surface area contributed by atoms with Gasteiger partial charge in [0.1, 0.15) is 11.5 Å². The summed E-state index contributed by atoms with van der Waals surface area (Å²) in [6.45, 7) is 4.28. The van der Waals surface area contributed by atoms with E-state index in [-0.39, 0.29) is 53.8 Å². The van der Waals surface area contributed by atoms with Crippen LogP contribution in [-0.2, 0) is 30.7 Å². The Morgan fingerprint density at radius 3 is 2.44 bits per heavy atom. The van der Waals surface area contributed by atoms with Gasteiger partial charge in [-0.3, -0.25) is 14.7 Å². The van der Waals surface area contributed by atoms with Crippen LogP contribution in [0.1, 0.15) is 5.56 Å². The molecule has 2 aromatic rings. The number of halogens is 2. The van der Waals surface area contributed by atoms with E-state index < -0.39 is 16.1 Å². The monoisotopic (exact) mass is 556 g/mol. The third kappa shape index (κ3) is 6.74. The number of carbonyl (C=O) groups is 1. The Morgan fingerprint density at radius 1 is 1.06 bits per heavy atom. The van der Waals surface area contributed by atoms with Gasteiger partial charge in [0.25, 0.3) is 0 Å². The van der Waals surface area contributed by atoms with Crippen LogP contribution in [0.2, 0.25) is 10.0 Å². The molecule has 0 spiro atoms. The van der Waals surface area contributed by atoms with Crippen LogP contribution in [0.5, 0.6) is 0 Å². The number of hydrogen-bond acceptors (Lipinski definition) is 7. The molecule has 0 N–H and O–H groups in total. The van der Waals surface area contributed by atoms with Crippen LogP contribution >= 0.6 is 23.2 Å². The molecule has 2 aliphatic heterocycles. The summed E-state index contributed by atoms with van der Waals surface area (Å²) >= 11 is 12.3. The van der Waals surface area contributed by atoms with Gasteiger partial charge in [-0.1, -0.05) is 29.3 Å². The van der Waals surface area contributed by atoms with E-state index in [1.165, 1.54) is 22.0 Å². The second kappa shape index (κ2) is 12.6. The minimum absolute atomic E-state index is 0.0267. The minimum atomic E-state index is -3.97. The van der Waals surface area contributed by atoms with Crippen molar-refractivity contribution in [3.8, 4) is 0 Å². The third-order valence-electron chi connectivity index (χ3n) is 6.39. The van der Waals surface area contributed by atoms with Gasteiger partial charge in [-0.2, -0.15) is 4.31 Å². The number of piperazine rings is 1. The van der Waals surface area contributed by atoms with Crippen molar-refractivity contribution in [3.05, 3.63) is 58.3 Å². The Labute approximate surface area is 221 Å². The molecule has 2 saturated heterocycles. The molecular formula is C24H30Cl2N4O5S. The number of rotatable bonds is 9. The summed E-state index contributed by atoms with van der Waals surface area (Å²) in [5.41, 5.74) is 1.25. The molecule has 1 aromatic heterocycles. The third-order valence-corrected chi connectivity index (χ3v) is 9.29. The van der Waals surface area contributed by atoms with Gasteiger partial charge in [-0.05, 0) is 36.2 Å². The van der Waals surface area contributed by atoms with Gasteiger partial charge in [0.15, 0.2) is 0 Å². The molecule has 4 rings (SSSR count). The number of benzene rings is 1. The molecule has 0 saturated carbocycles. The number of amides is 1. The lowest BCUT2D eigenvalue weighted by atomic mass is 10.2. The summed E-state index contributed by atoms with van der Waals surface area (Å²) in [5, 5.41) is 0.118. The van der Waals surface area contributed by atoms with Crippen molar-refractivity contribution in [2.75, 3.05) is 65.7 Å². The van der Waals surface area contributed by atoms with Crippen LogP contribution in [-0.4, -0.2) is 105 Å². The first-order chi connectivity index (χ1) is 17.4. The average Bonchev–Trinajstić information content (AvgIpc) is 2.88. The first-order valence-corrected chi connectivity index (χ1v) is 14.1. The highest BCUT2D eigenvalue weighted by Crippen LogP contribution is 2.33. The lowest BCUT2D eigenvalue weighted by Crippen LogP contribution is -2.52. The Morgan fingerprint density at radius 2 is 1.75 bits per heavy atom. The number of ether oxygens (including phenoxy) is 2. The van der Waals surface area contributed by atoms with E-state index in [0.717, 1.165) is 26.1 Å². The van der Waals surface area contributed by atoms with Gasteiger partial charge in [0.2, 0.25) is 15.9 Å². The maximum atomic E-state index is 13.3. The standard InChI is InChI=1S/C24H30Cl2N4O5S/c25-21-2-1-3-22(26)24(21)36(32,33)30-14-15-34-16-20(30)17-35-18-23(31)29-12-10-28(11-13-29)9-6-19-4-7-27-8-5-19/h1-5,7-8,20H,6,9-18H2/t20-/m0/s1. The summed E-state index contributed by atoms with van der Waals surface area (Å²) < 4.78 is 39.1. The molecule has 1 amide bonds. The normalized spacial score (nSPS) is 19.9. The van der Waals surface area contributed by atoms with Crippen molar-refractivity contribution < 1.29 is 22.7 Å². The molecule has 1 aromatic carbocycles. The highest BCUT2D eigenvalue weighted by atomic mass is 35.5. The fourth-order valence-corrected chi connectivity index (χ4v) is 7.04. The molecule has 2 aliphatic rings. The Bertz CT molecular complexity index is 1110. The first-order valence-electron chi connectivity index (χ1n) is 11.9. The summed E-state index contributed by atoms with van der Waals surface area (Å²) in [5.74, 6) is -0.107. The molecule has 2 fully saturated rings. The molecule has 0 unspecified atom stereocenters. The van der Waals surface area contributed by atoms with E-state index >= 15 is 0 Å². The van der Waals surface area contributed by atoms with Gasteiger partial charge in [-0.15, -0.1) is 0 Å². The van der Waals surface area contributed by atoms with Crippen LogP contribution in [0, 0.1) is 0 Å². The van der Waals surface area contributed by atoms with E-state index in [1.54, 1.807) is 23.4 Å². The second-order valence-corrected chi connectivity index (χ2v) is 11.4. The molecule has 12 heteroatoms. The fraction of sp³-hybridized carbons (Fsp3) is 0.500. The van der Waals surface area contributed by atoms with E-state index in [1.807, 2.05) is 12.1 Å². The number of aromatic nitrogens is 1. The fourth-order valence-electron chi connectivity index (χ4n) is 4.36. The average molecular weight is 558 g/mol. The predicted octanol–water partition coefficient (Wildman–Crippen LogP) is 2.18. The zero-order chi connectivity index (χ0) is 25.5. The summed E-state index contributed by atoms with van der Waals surface area (Å²) in [6, 6.07) is 8.02. The Hall–Kier alpha value is -1.79. The van der Waals surface area contributed by atoms with Crippen molar-refractivity contribution >= 4 is 39.1 Å². The maximum absolute atomic E-state index is 13.3. The zero-order valence-electron chi connectivity index (χ0n) is 19.9. The second-order valence-electron chi connectivity index (χ2n) is 8.74. The highest BCUT2D eigenvalue weighted by molar-refractivity contribution is 7.89. The van der Waals surface area contributed by atoms with Crippen LogP contribution in [0.4, 0.5) is 0 Å². The van der Waals surface area contributed by atoms with Gasteiger partial charge < -0.3 is 14.4 Å². The van der Waals surface area contributed by atoms with Crippen molar-refractivity contribution in [2.45, 2.75) is 17.4 Å². The predicted molar refractivity (Wildman–Crippen MR) is 137 cm³/mol. The number of pyridine rings is 1. The van der Waals surface area contributed by atoms with Crippen LogP contribution < -0.4 is 0 Å². The Balaban J connectivity index is 1.25. The summed E-state index contributed by atoms with van der Waals surface area (Å²) in [6.07, 6.45) is 4.54. The quantitative estimate of drug-likeness (QED) is 0.467. The molecule has 196 valence electrons. The van der Waals surface area contributed by atoms with Crippen LogP contribution in [0.15, 0.2) is 47.6 Å². The number of carbonyl (C=O) groups excluding carboxylic acids is 1. The molecule has 9 nitrogen and oxygen atoms in total. The molecule has 3 heterocycles. The van der Waals surface area contributed by atoms with E-state index in [0.29, 0.717) is 13.1 Å². The summed E-state index contributed by atoms with van der Waals surface area (Å²) in [7, 11) is -3.97. The number of nitrogens with zero attached hydrogens (tertiary/aromatic N) is 4. The number of hydrogen-bond donors (Lipinski definition) is 0. The van der Waals surface area contributed by atoms with E-state index in [9.17, 15) is 13.2 Å². The number of morpholine rings is 1. The SMILES string of the molecule is O=C(COC[C@@H]1COCCN1S(=O)(=O)c1c(Cl)cccc1Cl)N1CCN(CCc2ccncc2)CC1. The lowest BCUT2D eigenvalue weighted by molar-refractivity contribution is -0.138. The molecule has 36 heavy (non-hydrogen) atoms. The van der Waals surface area contributed by atoms with Crippen molar-refractivity contribution in [1.29, 1.82) is 0 Å². The van der Waals surface area contributed by atoms with Crippen molar-refractivity contribution in [1.82, 2.24) is 19.1 Å². The largest absolute Gasteiger partial charge is 0.378 e. The highest BCUT2D eigenvalue weighted by Gasteiger charge is 2.37. The Kier molecular flexibility index (Phi) is 9.57. The van der Waals surface area contributed by atoms with Crippen molar-refractivity contribution in [2.24, 2.45) is 0 Å². The minimum Gasteiger partial charge on any atom is -0.378 e. The lowest BCUT2D eigenvalue weighted by Gasteiger charge is -2.36. The summed E-state index contributed by atoms with van der Waals surface area (Å²) in [4.78, 5) is 20.7. The molecule has 0 aliphatic carbocycles. The van der Waals surface area contributed by atoms with Gasteiger partial charge >= 0.3 is 0 Å². The molecule has 0 bridgehead atoms. The maximum Gasteiger partial charge on any atom is 0.248 e. The van der Waals surface area contributed by atoms with Crippen LogP contribution in [0.25, 0.3) is 0 Å². The van der Waals surface area contributed by atoms with Gasteiger partial charge in [0, 0.05) is 51.7 Å². The smallest absolute Gasteiger partial charge is 0.248 e. The van der Waals surface area contributed by atoms with Crippen LogP contribution in [0.3, 0.4) is 0 Å². The number of sulfonamides is 1. The van der Waals surface area contributed by atoms with Gasteiger partial charge in [0.05, 0.1) is 35.9 Å². The topological polar surface area (TPSA) is 92.3 Å². The first kappa shape index (κ1) is 27.3. The van der Waals surface area contributed by atoms with Crippen molar-refractivity contribution in [3.63, 3.8) is 0 Å². The zero-order valence-corrected chi connectivity index (χ0v) is 22.2. The van der Waals surface area contributed by atoms with Gasteiger partial charge in [-0.25, -0.2) is 8.42 Å². The molecule has 0 radical (unpaired) electrons. The molecular weight excluding hydrogens is 527 g/mol. The molecule has 1 atom stereocenters.